The minimum atomic E-state index is -0.106. The van der Waals surface area contributed by atoms with Crippen molar-refractivity contribution in [3.63, 3.8) is 0 Å². The van der Waals surface area contributed by atoms with Crippen LogP contribution in [-0.4, -0.2) is 29.9 Å². The Morgan fingerprint density at radius 1 is 1.24 bits per heavy atom. The lowest BCUT2D eigenvalue weighted by atomic mass is 9.99. The molecule has 17 heavy (non-hydrogen) atoms. The Morgan fingerprint density at radius 2 is 1.82 bits per heavy atom. The van der Waals surface area contributed by atoms with E-state index in [-0.39, 0.29) is 17.9 Å². The van der Waals surface area contributed by atoms with Gasteiger partial charge in [0.1, 0.15) is 0 Å². The minimum Gasteiger partial charge on any atom is -0.338 e. The van der Waals surface area contributed by atoms with Gasteiger partial charge < -0.3 is 10.6 Å². The van der Waals surface area contributed by atoms with Crippen molar-refractivity contribution >= 4 is 5.91 Å². The highest BCUT2D eigenvalue weighted by atomic mass is 16.2. The molecule has 0 saturated heterocycles. The van der Waals surface area contributed by atoms with Crippen molar-refractivity contribution in [1.29, 1.82) is 0 Å². The lowest BCUT2D eigenvalue weighted by Crippen LogP contribution is -2.42. The molecule has 3 nitrogen and oxygen atoms in total. The number of carbonyl (C=O) groups is 1. The van der Waals surface area contributed by atoms with E-state index in [0.29, 0.717) is 13.1 Å². The summed E-state index contributed by atoms with van der Waals surface area (Å²) in [6.07, 6.45) is 0. The Labute approximate surface area is 104 Å². The first-order chi connectivity index (χ1) is 8.07. The van der Waals surface area contributed by atoms with Gasteiger partial charge in [-0.1, -0.05) is 30.3 Å². The summed E-state index contributed by atoms with van der Waals surface area (Å²) in [4.78, 5) is 14.2. The van der Waals surface area contributed by atoms with Crippen molar-refractivity contribution in [2.45, 2.75) is 32.7 Å². The van der Waals surface area contributed by atoms with Gasteiger partial charge in [0.15, 0.2) is 0 Å². The summed E-state index contributed by atoms with van der Waals surface area (Å²) >= 11 is 0. The third-order valence-electron chi connectivity index (χ3n) is 2.95. The molecule has 0 aliphatic carbocycles. The molecule has 94 valence electrons. The van der Waals surface area contributed by atoms with E-state index in [0.717, 1.165) is 5.56 Å². The van der Waals surface area contributed by atoms with Crippen molar-refractivity contribution in [2.24, 2.45) is 5.73 Å². The summed E-state index contributed by atoms with van der Waals surface area (Å²) in [5, 5.41) is 0. The molecule has 0 heterocycles. The van der Waals surface area contributed by atoms with E-state index in [4.69, 9.17) is 5.73 Å². The summed E-state index contributed by atoms with van der Waals surface area (Å²) < 4.78 is 0. The first-order valence-corrected chi connectivity index (χ1v) is 6.13. The smallest absolute Gasteiger partial charge is 0.230 e. The van der Waals surface area contributed by atoms with E-state index < -0.39 is 0 Å². The molecule has 2 N–H and O–H groups in total. The molecule has 0 spiro atoms. The molecule has 0 aromatic heterocycles. The number of rotatable bonds is 5. The molecule has 0 aliphatic heterocycles. The second kappa shape index (κ2) is 6.40. The molecule has 0 bridgehead atoms. The molecule has 1 rings (SSSR count). The molecule has 1 aromatic rings. The standard InChI is InChI=1S/C14H22N2O/c1-11(2)16(10-9-15)14(17)12(3)13-7-5-4-6-8-13/h4-8,11-12H,9-10,15H2,1-3H3. The van der Waals surface area contributed by atoms with Crippen LogP contribution in [0.4, 0.5) is 0 Å². The van der Waals surface area contributed by atoms with Gasteiger partial charge in [-0.15, -0.1) is 0 Å². The van der Waals surface area contributed by atoms with E-state index in [2.05, 4.69) is 0 Å². The fourth-order valence-electron chi connectivity index (χ4n) is 1.89. The molecular formula is C14H22N2O. The van der Waals surface area contributed by atoms with Crippen LogP contribution in [0.15, 0.2) is 30.3 Å². The second-order valence-electron chi connectivity index (χ2n) is 4.55. The van der Waals surface area contributed by atoms with Gasteiger partial charge in [-0.05, 0) is 26.3 Å². The molecule has 0 saturated carbocycles. The Kier molecular flexibility index (Phi) is 5.16. The normalized spacial score (nSPS) is 12.5. The molecule has 1 atom stereocenters. The predicted octanol–water partition coefficient (Wildman–Crippen LogP) is 1.99. The van der Waals surface area contributed by atoms with Gasteiger partial charge in [0, 0.05) is 19.1 Å². The highest BCUT2D eigenvalue weighted by molar-refractivity contribution is 5.83. The van der Waals surface area contributed by atoms with Crippen LogP contribution in [0.1, 0.15) is 32.3 Å². The summed E-state index contributed by atoms with van der Waals surface area (Å²) in [5.74, 6) is 0.0433. The Morgan fingerprint density at radius 3 is 2.29 bits per heavy atom. The van der Waals surface area contributed by atoms with Crippen molar-refractivity contribution in [1.82, 2.24) is 4.90 Å². The lowest BCUT2D eigenvalue weighted by molar-refractivity contribution is -0.134. The predicted molar refractivity (Wildman–Crippen MR) is 70.8 cm³/mol. The minimum absolute atomic E-state index is 0.106. The van der Waals surface area contributed by atoms with Crippen LogP contribution in [0.5, 0.6) is 0 Å². The van der Waals surface area contributed by atoms with E-state index in [1.165, 1.54) is 0 Å². The maximum Gasteiger partial charge on any atom is 0.230 e. The van der Waals surface area contributed by atoms with Gasteiger partial charge in [-0.3, -0.25) is 4.79 Å². The number of amides is 1. The number of benzene rings is 1. The van der Waals surface area contributed by atoms with Gasteiger partial charge in [-0.2, -0.15) is 0 Å². The zero-order valence-corrected chi connectivity index (χ0v) is 10.9. The Balaban J connectivity index is 2.80. The highest BCUT2D eigenvalue weighted by Gasteiger charge is 2.23. The van der Waals surface area contributed by atoms with Crippen LogP contribution >= 0.6 is 0 Å². The summed E-state index contributed by atoms with van der Waals surface area (Å²) in [5.41, 5.74) is 6.61. The van der Waals surface area contributed by atoms with Crippen LogP contribution < -0.4 is 5.73 Å². The zero-order valence-electron chi connectivity index (χ0n) is 10.9. The lowest BCUT2D eigenvalue weighted by Gasteiger charge is -2.29. The third kappa shape index (κ3) is 3.56. The molecular weight excluding hydrogens is 212 g/mol. The fraction of sp³-hybridized carbons (Fsp3) is 0.500. The van der Waals surface area contributed by atoms with Gasteiger partial charge in [0.2, 0.25) is 5.91 Å². The maximum absolute atomic E-state index is 12.3. The largest absolute Gasteiger partial charge is 0.338 e. The van der Waals surface area contributed by atoms with Crippen LogP contribution in [0.3, 0.4) is 0 Å². The van der Waals surface area contributed by atoms with E-state index >= 15 is 0 Å². The highest BCUT2D eigenvalue weighted by Crippen LogP contribution is 2.18. The van der Waals surface area contributed by atoms with E-state index in [1.807, 2.05) is 56.0 Å². The molecule has 3 heteroatoms. The van der Waals surface area contributed by atoms with Crippen molar-refractivity contribution in [3.05, 3.63) is 35.9 Å². The fourth-order valence-corrected chi connectivity index (χ4v) is 1.89. The monoisotopic (exact) mass is 234 g/mol. The third-order valence-corrected chi connectivity index (χ3v) is 2.95. The molecule has 0 fully saturated rings. The average molecular weight is 234 g/mol. The van der Waals surface area contributed by atoms with E-state index in [9.17, 15) is 4.79 Å². The Hall–Kier alpha value is -1.35. The summed E-state index contributed by atoms with van der Waals surface area (Å²) in [6.45, 7) is 7.11. The second-order valence-corrected chi connectivity index (χ2v) is 4.55. The first kappa shape index (κ1) is 13.7. The first-order valence-electron chi connectivity index (χ1n) is 6.13. The van der Waals surface area contributed by atoms with Crippen LogP contribution in [0.25, 0.3) is 0 Å². The molecule has 1 unspecified atom stereocenters. The maximum atomic E-state index is 12.3. The van der Waals surface area contributed by atoms with Gasteiger partial charge in [0.25, 0.3) is 0 Å². The topological polar surface area (TPSA) is 46.3 Å². The zero-order chi connectivity index (χ0) is 12.8. The van der Waals surface area contributed by atoms with Gasteiger partial charge in [0.05, 0.1) is 5.92 Å². The number of carbonyl (C=O) groups excluding carboxylic acids is 1. The number of nitrogens with zero attached hydrogens (tertiary/aromatic N) is 1. The number of nitrogens with two attached hydrogens (primary N) is 1. The molecule has 1 amide bonds. The van der Waals surface area contributed by atoms with Gasteiger partial charge in [-0.25, -0.2) is 0 Å². The molecule has 1 aromatic carbocycles. The van der Waals surface area contributed by atoms with Crippen molar-refractivity contribution < 1.29 is 4.79 Å². The molecule has 0 aliphatic rings. The SMILES string of the molecule is CC(C(=O)N(CCN)C(C)C)c1ccccc1. The molecule has 0 radical (unpaired) electrons. The van der Waals surface area contributed by atoms with Crippen LogP contribution in [0, 0.1) is 0 Å². The average Bonchev–Trinajstić information content (AvgIpc) is 2.35. The van der Waals surface area contributed by atoms with Crippen LogP contribution in [0.2, 0.25) is 0 Å². The number of hydrogen-bond donors (Lipinski definition) is 1. The van der Waals surface area contributed by atoms with Crippen LogP contribution in [-0.2, 0) is 4.79 Å². The number of hydrogen-bond acceptors (Lipinski definition) is 2. The van der Waals surface area contributed by atoms with E-state index in [1.54, 1.807) is 0 Å². The Bertz CT molecular complexity index is 348. The summed E-state index contributed by atoms with van der Waals surface area (Å²) in [7, 11) is 0. The van der Waals surface area contributed by atoms with Crippen molar-refractivity contribution in [3.8, 4) is 0 Å². The quantitative estimate of drug-likeness (QED) is 0.847. The van der Waals surface area contributed by atoms with Gasteiger partial charge >= 0.3 is 0 Å². The van der Waals surface area contributed by atoms with Crippen molar-refractivity contribution in [2.75, 3.05) is 13.1 Å². The summed E-state index contributed by atoms with van der Waals surface area (Å²) in [6, 6.07) is 10.1.